The van der Waals surface area contributed by atoms with Gasteiger partial charge in [-0.3, -0.25) is 9.36 Å². The van der Waals surface area contributed by atoms with Gasteiger partial charge in [0.2, 0.25) is 5.91 Å². The summed E-state index contributed by atoms with van der Waals surface area (Å²) in [5.74, 6) is 1.33. The van der Waals surface area contributed by atoms with Crippen LogP contribution in [0.5, 0.6) is 0 Å². The maximum atomic E-state index is 12.4. The van der Waals surface area contributed by atoms with Crippen molar-refractivity contribution in [2.75, 3.05) is 19.7 Å². The van der Waals surface area contributed by atoms with Crippen molar-refractivity contribution in [3.8, 4) is 0 Å². The molecule has 2 aliphatic rings. The van der Waals surface area contributed by atoms with Crippen molar-refractivity contribution in [1.29, 1.82) is 0 Å². The van der Waals surface area contributed by atoms with Gasteiger partial charge < -0.3 is 9.64 Å². The average Bonchev–Trinajstić information content (AvgIpc) is 3.01. The molecule has 2 aliphatic heterocycles. The molecular weight excluding hydrogens is 308 g/mol. The van der Waals surface area contributed by atoms with Crippen molar-refractivity contribution in [3.63, 3.8) is 0 Å². The van der Waals surface area contributed by atoms with Crippen LogP contribution in [0.3, 0.4) is 0 Å². The van der Waals surface area contributed by atoms with Gasteiger partial charge in [0.05, 0.1) is 6.10 Å². The molecule has 2 fully saturated rings. The number of hydrogen-bond donors (Lipinski definition) is 1. The molecule has 134 valence electrons. The second-order valence-corrected chi connectivity index (χ2v) is 6.81. The summed E-state index contributed by atoms with van der Waals surface area (Å²) in [6.45, 7) is 4.92. The first-order chi connectivity index (χ1) is 11.7. The zero-order chi connectivity index (χ0) is 16.9. The number of carbonyl (C=O) groups is 1. The van der Waals surface area contributed by atoms with Crippen LogP contribution in [0.15, 0.2) is 4.79 Å². The normalized spacial score (nSPS) is 22.7. The van der Waals surface area contributed by atoms with Gasteiger partial charge in [0.1, 0.15) is 5.82 Å². The first-order valence-corrected chi connectivity index (χ1v) is 9.23. The van der Waals surface area contributed by atoms with Gasteiger partial charge in [0, 0.05) is 38.6 Å². The molecule has 1 aromatic rings. The maximum Gasteiger partial charge on any atom is 0.343 e. The smallest absolute Gasteiger partial charge is 0.343 e. The van der Waals surface area contributed by atoms with Gasteiger partial charge in [-0.1, -0.05) is 0 Å². The standard InChI is InChI=1S/C17H28N4O3/c1-2-21-16(18-19-17(21)23)13-8-10-20(11-9-13)15(22)7-6-14-5-3-4-12-24-14/h13-14H,2-12H2,1H3,(H,19,23). The van der Waals surface area contributed by atoms with Gasteiger partial charge in [-0.15, -0.1) is 0 Å². The van der Waals surface area contributed by atoms with Crippen molar-refractivity contribution in [3.05, 3.63) is 16.3 Å². The number of nitrogens with zero attached hydrogens (tertiary/aromatic N) is 3. The molecule has 1 atom stereocenters. The van der Waals surface area contributed by atoms with E-state index in [1.165, 1.54) is 6.42 Å². The van der Waals surface area contributed by atoms with Crippen LogP contribution >= 0.6 is 0 Å². The fraction of sp³-hybridized carbons (Fsp3) is 0.824. The molecule has 0 aliphatic carbocycles. The Balaban J connectivity index is 1.47. The van der Waals surface area contributed by atoms with Gasteiger partial charge in [-0.25, -0.2) is 9.89 Å². The van der Waals surface area contributed by atoms with Crippen molar-refractivity contribution >= 4 is 5.91 Å². The highest BCUT2D eigenvalue weighted by Crippen LogP contribution is 2.26. The van der Waals surface area contributed by atoms with E-state index in [9.17, 15) is 9.59 Å². The Morgan fingerprint density at radius 3 is 2.75 bits per heavy atom. The van der Waals surface area contributed by atoms with Crippen LogP contribution in [0.4, 0.5) is 0 Å². The largest absolute Gasteiger partial charge is 0.378 e. The Bertz CT molecular complexity index is 595. The highest BCUT2D eigenvalue weighted by molar-refractivity contribution is 5.76. The molecule has 0 aromatic carbocycles. The van der Waals surface area contributed by atoms with E-state index in [-0.39, 0.29) is 23.6 Å². The Kier molecular flexibility index (Phi) is 5.71. The predicted octanol–water partition coefficient (Wildman–Crippen LogP) is 1.65. The summed E-state index contributed by atoms with van der Waals surface area (Å²) in [7, 11) is 0. The van der Waals surface area contributed by atoms with Crippen molar-refractivity contribution in [1.82, 2.24) is 19.7 Å². The molecule has 3 rings (SSSR count). The van der Waals surface area contributed by atoms with E-state index in [0.29, 0.717) is 13.0 Å². The van der Waals surface area contributed by atoms with Crippen LogP contribution in [0, 0.1) is 0 Å². The molecule has 0 spiro atoms. The van der Waals surface area contributed by atoms with Crippen LogP contribution in [0.1, 0.15) is 63.6 Å². The number of carbonyl (C=O) groups excluding carboxylic acids is 1. The topological polar surface area (TPSA) is 80.2 Å². The van der Waals surface area contributed by atoms with E-state index in [0.717, 1.165) is 57.6 Å². The minimum atomic E-state index is -0.140. The number of aromatic nitrogens is 3. The summed E-state index contributed by atoms with van der Waals surface area (Å²) in [4.78, 5) is 26.1. The molecule has 24 heavy (non-hydrogen) atoms. The third-order valence-corrected chi connectivity index (χ3v) is 5.27. The number of piperidine rings is 1. The van der Waals surface area contributed by atoms with Gasteiger partial charge in [-0.05, 0) is 45.4 Å². The zero-order valence-corrected chi connectivity index (χ0v) is 14.5. The summed E-state index contributed by atoms with van der Waals surface area (Å²) in [6.07, 6.45) is 6.88. The quantitative estimate of drug-likeness (QED) is 0.886. The van der Waals surface area contributed by atoms with E-state index in [4.69, 9.17) is 4.74 Å². The maximum absolute atomic E-state index is 12.4. The van der Waals surface area contributed by atoms with Crippen LogP contribution < -0.4 is 5.69 Å². The lowest BCUT2D eigenvalue weighted by molar-refractivity contribution is -0.133. The second-order valence-electron chi connectivity index (χ2n) is 6.81. The van der Waals surface area contributed by atoms with Crippen molar-refractivity contribution in [2.45, 2.75) is 70.4 Å². The minimum absolute atomic E-state index is 0.140. The number of hydrogen-bond acceptors (Lipinski definition) is 4. The SMILES string of the molecule is CCn1c(C2CCN(C(=O)CCC3CCCCO3)CC2)n[nH]c1=O. The number of nitrogens with one attached hydrogen (secondary N) is 1. The second kappa shape index (κ2) is 7.96. The molecule has 1 N–H and O–H groups in total. The molecule has 1 amide bonds. The summed E-state index contributed by atoms with van der Waals surface area (Å²) in [6, 6.07) is 0. The molecule has 0 saturated carbocycles. The molecule has 7 nitrogen and oxygen atoms in total. The Hall–Kier alpha value is -1.63. The van der Waals surface area contributed by atoms with E-state index < -0.39 is 0 Å². The van der Waals surface area contributed by atoms with Crippen molar-refractivity contribution < 1.29 is 9.53 Å². The lowest BCUT2D eigenvalue weighted by Gasteiger charge is -2.32. The van der Waals surface area contributed by atoms with E-state index in [1.54, 1.807) is 4.57 Å². The lowest BCUT2D eigenvalue weighted by atomic mass is 9.95. The molecule has 0 radical (unpaired) electrons. The van der Waals surface area contributed by atoms with Crippen LogP contribution in [0.25, 0.3) is 0 Å². The van der Waals surface area contributed by atoms with Gasteiger partial charge in [-0.2, -0.15) is 5.10 Å². The predicted molar refractivity (Wildman–Crippen MR) is 89.9 cm³/mol. The summed E-state index contributed by atoms with van der Waals surface area (Å²) in [5, 5.41) is 6.72. The highest BCUT2D eigenvalue weighted by atomic mass is 16.5. The van der Waals surface area contributed by atoms with Crippen molar-refractivity contribution in [2.24, 2.45) is 0 Å². The van der Waals surface area contributed by atoms with Crippen LogP contribution in [-0.4, -0.2) is 51.4 Å². The van der Waals surface area contributed by atoms with Crippen LogP contribution in [-0.2, 0) is 16.1 Å². The number of amides is 1. The van der Waals surface area contributed by atoms with Crippen LogP contribution in [0.2, 0.25) is 0 Å². The Labute approximate surface area is 142 Å². The molecule has 2 saturated heterocycles. The van der Waals surface area contributed by atoms with E-state index >= 15 is 0 Å². The monoisotopic (exact) mass is 336 g/mol. The molecule has 1 aromatic heterocycles. The average molecular weight is 336 g/mol. The van der Waals surface area contributed by atoms with E-state index in [1.807, 2.05) is 11.8 Å². The highest BCUT2D eigenvalue weighted by Gasteiger charge is 2.27. The molecule has 3 heterocycles. The third-order valence-electron chi connectivity index (χ3n) is 5.27. The molecule has 0 bridgehead atoms. The minimum Gasteiger partial charge on any atom is -0.378 e. The zero-order valence-electron chi connectivity index (χ0n) is 14.5. The Morgan fingerprint density at radius 1 is 1.29 bits per heavy atom. The van der Waals surface area contributed by atoms with Gasteiger partial charge in [0.25, 0.3) is 0 Å². The Morgan fingerprint density at radius 2 is 2.08 bits per heavy atom. The number of H-pyrrole nitrogens is 1. The van der Waals surface area contributed by atoms with E-state index in [2.05, 4.69) is 10.2 Å². The number of likely N-dealkylation sites (tertiary alicyclic amines) is 1. The molecule has 1 unspecified atom stereocenters. The fourth-order valence-electron chi connectivity index (χ4n) is 3.81. The van der Waals surface area contributed by atoms with Gasteiger partial charge >= 0.3 is 5.69 Å². The number of ether oxygens (including phenoxy) is 1. The molecular formula is C17H28N4O3. The lowest BCUT2D eigenvalue weighted by Crippen LogP contribution is -2.39. The molecule has 7 heteroatoms. The number of aromatic amines is 1. The summed E-state index contributed by atoms with van der Waals surface area (Å²) < 4.78 is 7.40. The summed E-state index contributed by atoms with van der Waals surface area (Å²) in [5.41, 5.74) is -0.140. The third kappa shape index (κ3) is 3.88. The first-order valence-electron chi connectivity index (χ1n) is 9.23. The summed E-state index contributed by atoms with van der Waals surface area (Å²) >= 11 is 0. The fourth-order valence-corrected chi connectivity index (χ4v) is 3.81. The van der Waals surface area contributed by atoms with Gasteiger partial charge in [0.15, 0.2) is 0 Å². The number of rotatable bonds is 5. The first kappa shape index (κ1) is 17.2.